The van der Waals surface area contributed by atoms with Gasteiger partial charge >= 0.3 is 0 Å². The van der Waals surface area contributed by atoms with Crippen LogP contribution in [0.3, 0.4) is 0 Å². The summed E-state index contributed by atoms with van der Waals surface area (Å²) >= 11 is 0. The number of hydrogen-bond donors (Lipinski definition) is 2. The molecule has 10 heteroatoms. The maximum absolute atomic E-state index is 12.6. The molecule has 2 aliphatic rings. The predicted molar refractivity (Wildman–Crippen MR) is 120 cm³/mol. The number of ether oxygens (including phenoxy) is 2. The first kappa shape index (κ1) is 22.5. The molecular formula is C24H20N4O6. The summed E-state index contributed by atoms with van der Waals surface area (Å²) in [5.74, 6) is -0.267. The smallest absolute Gasteiger partial charge is 0.271 e. The number of nitro benzene ring substituents is 1. The second-order valence-corrected chi connectivity index (χ2v) is 7.75. The van der Waals surface area contributed by atoms with Gasteiger partial charge in [-0.3, -0.25) is 19.7 Å². The largest absolute Gasteiger partial charge is 0.484 e. The molecule has 2 aromatic carbocycles. The lowest BCUT2D eigenvalue weighted by Gasteiger charge is -2.31. The van der Waals surface area contributed by atoms with E-state index >= 15 is 0 Å². The Morgan fingerprint density at radius 2 is 2.03 bits per heavy atom. The van der Waals surface area contributed by atoms with Gasteiger partial charge in [0.1, 0.15) is 23.2 Å². The Morgan fingerprint density at radius 3 is 2.74 bits per heavy atom. The first-order valence-electron chi connectivity index (χ1n) is 10.5. The molecule has 1 aliphatic heterocycles. The number of allylic oxidation sites excluding steroid dienone is 3. The van der Waals surface area contributed by atoms with Crippen LogP contribution in [0, 0.1) is 21.4 Å². The molecule has 0 fully saturated rings. The fraction of sp³-hybridized carbons (Fsp3) is 0.208. The molecule has 3 N–H and O–H groups in total. The molecule has 2 aromatic rings. The number of nitro groups is 1. The van der Waals surface area contributed by atoms with E-state index in [2.05, 4.69) is 11.4 Å². The number of non-ortho nitro benzene ring substituents is 1. The Kier molecular flexibility index (Phi) is 6.27. The van der Waals surface area contributed by atoms with Crippen molar-refractivity contribution in [2.24, 2.45) is 5.73 Å². The van der Waals surface area contributed by atoms with E-state index in [9.17, 15) is 25.0 Å². The lowest BCUT2D eigenvalue weighted by molar-refractivity contribution is -0.384. The quantitative estimate of drug-likeness (QED) is 0.490. The molecule has 34 heavy (non-hydrogen) atoms. The van der Waals surface area contributed by atoms with E-state index < -0.39 is 16.7 Å². The van der Waals surface area contributed by atoms with Crippen LogP contribution in [0.1, 0.15) is 30.7 Å². The van der Waals surface area contributed by atoms with Gasteiger partial charge in [-0.1, -0.05) is 18.2 Å². The van der Waals surface area contributed by atoms with Crippen molar-refractivity contribution in [3.8, 4) is 11.8 Å². The summed E-state index contributed by atoms with van der Waals surface area (Å²) in [6.45, 7) is -0.316. The maximum Gasteiger partial charge on any atom is 0.271 e. The average molecular weight is 460 g/mol. The van der Waals surface area contributed by atoms with Crippen LogP contribution in [0.4, 0.5) is 11.4 Å². The Balaban J connectivity index is 1.46. The molecule has 10 nitrogen and oxygen atoms in total. The monoisotopic (exact) mass is 460 g/mol. The molecule has 0 spiro atoms. The minimum atomic E-state index is -0.618. The van der Waals surface area contributed by atoms with Gasteiger partial charge in [0.05, 0.1) is 10.8 Å². The highest BCUT2D eigenvalue weighted by Gasteiger charge is 2.37. The summed E-state index contributed by atoms with van der Waals surface area (Å²) in [7, 11) is 0. The highest BCUT2D eigenvalue weighted by Crippen LogP contribution is 2.43. The third kappa shape index (κ3) is 4.59. The molecule has 172 valence electrons. The second-order valence-electron chi connectivity index (χ2n) is 7.75. The SMILES string of the molecule is N#CC1=C(N)OC2=C(C(=O)CCC2)[C@@H]1c1ccc(OCC(=O)Nc2cccc([N+](=O)[O-])c2)cc1. The van der Waals surface area contributed by atoms with Gasteiger partial charge in [0.2, 0.25) is 5.88 Å². The van der Waals surface area contributed by atoms with E-state index in [0.29, 0.717) is 41.9 Å². The number of rotatable bonds is 6. The van der Waals surface area contributed by atoms with Gasteiger partial charge < -0.3 is 20.5 Å². The number of amides is 1. The van der Waals surface area contributed by atoms with Gasteiger partial charge in [0.25, 0.3) is 11.6 Å². The van der Waals surface area contributed by atoms with Crippen molar-refractivity contribution < 1.29 is 24.0 Å². The van der Waals surface area contributed by atoms with Gasteiger partial charge in [-0.05, 0) is 30.2 Å². The summed E-state index contributed by atoms with van der Waals surface area (Å²) in [4.78, 5) is 35.1. The third-order valence-corrected chi connectivity index (χ3v) is 5.53. The predicted octanol–water partition coefficient (Wildman–Crippen LogP) is 3.43. The normalized spacial score (nSPS) is 17.4. The van der Waals surface area contributed by atoms with Gasteiger partial charge in [-0.25, -0.2) is 0 Å². The molecule has 0 aromatic heterocycles. The van der Waals surface area contributed by atoms with Crippen molar-refractivity contribution in [1.82, 2.24) is 0 Å². The van der Waals surface area contributed by atoms with Crippen LogP contribution in [-0.4, -0.2) is 23.2 Å². The topological polar surface area (TPSA) is 158 Å². The standard InChI is InChI=1S/C24H20N4O6/c25-12-18-22(23-19(29)5-2-6-20(23)34-24(18)26)14-7-9-17(10-8-14)33-13-21(30)27-15-3-1-4-16(11-15)28(31)32/h1,3-4,7-11,22H,2,5-6,13,26H2,(H,27,30)/t22-/m1/s1. The molecule has 0 bridgehead atoms. The number of carbonyl (C=O) groups excluding carboxylic acids is 2. The maximum atomic E-state index is 12.6. The van der Waals surface area contributed by atoms with Gasteiger partial charge in [-0.15, -0.1) is 0 Å². The highest BCUT2D eigenvalue weighted by molar-refractivity contribution is 5.99. The van der Waals surface area contributed by atoms with E-state index in [1.54, 1.807) is 24.3 Å². The van der Waals surface area contributed by atoms with Crippen molar-refractivity contribution in [2.75, 3.05) is 11.9 Å². The molecule has 4 rings (SSSR count). The molecule has 1 heterocycles. The van der Waals surface area contributed by atoms with Crippen LogP contribution in [0.25, 0.3) is 0 Å². The Morgan fingerprint density at radius 1 is 1.26 bits per heavy atom. The fourth-order valence-electron chi connectivity index (χ4n) is 3.99. The van der Waals surface area contributed by atoms with E-state index in [1.165, 1.54) is 24.3 Å². The number of ketones is 1. The van der Waals surface area contributed by atoms with Crippen molar-refractivity contribution in [3.05, 3.63) is 87.0 Å². The van der Waals surface area contributed by atoms with Crippen LogP contribution in [0.5, 0.6) is 5.75 Å². The summed E-state index contributed by atoms with van der Waals surface area (Å²) < 4.78 is 11.1. The van der Waals surface area contributed by atoms with E-state index in [4.69, 9.17) is 15.2 Å². The van der Waals surface area contributed by atoms with Crippen LogP contribution >= 0.6 is 0 Å². The summed E-state index contributed by atoms with van der Waals surface area (Å²) in [5.41, 5.74) is 7.42. The van der Waals surface area contributed by atoms with Crippen LogP contribution in [0.2, 0.25) is 0 Å². The van der Waals surface area contributed by atoms with E-state index in [1.807, 2.05) is 0 Å². The number of nitrogens with one attached hydrogen (secondary N) is 1. The molecular weight excluding hydrogens is 440 g/mol. The summed E-state index contributed by atoms with van der Waals surface area (Å²) in [6, 6.07) is 14.3. The first-order chi connectivity index (χ1) is 16.4. The second kappa shape index (κ2) is 9.46. The lowest BCUT2D eigenvalue weighted by atomic mass is 9.77. The van der Waals surface area contributed by atoms with Gasteiger partial charge in [-0.2, -0.15) is 5.26 Å². The summed E-state index contributed by atoms with van der Waals surface area (Å²) in [5, 5.41) is 23.0. The minimum Gasteiger partial charge on any atom is -0.484 e. The zero-order valence-corrected chi connectivity index (χ0v) is 17.9. The number of nitrogens with zero attached hydrogens (tertiary/aromatic N) is 2. The molecule has 0 saturated carbocycles. The van der Waals surface area contributed by atoms with E-state index in [0.717, 1.165) is 0 Å². The first-order valence-corrected chi connectivity index (χ1v) is 10.5. The third-order valence-electron chi connectivity index (χ3n) is 5.53. The van der Waals surface area contributed by atoms with Crippen molar-refractivity contribution in [2.45, 2.75) is 25.2 Å². The number of nitriles is 1. The Hall–Kier alpha value is -4.65. The Bertz CT molecular complexity index is 1270. The van der Waals surface area contributed by atoms with Crippen LogP contribution < -0.4 is 15.8 Å². The molecule has 0 unspecified atom stereocenters. The zero-order chi connectivity index (χ0) is 24.2. The fourth-order valence-corrected chi connectivity index (χ4v) is 3.99. The number of nitrogens with two attached hydrogens (primary N) is 1. The lowest BCUT2D eigenvalue weighted by Crippen LogP contribution is -2.27. The van der Waals surface area contributed by atoms with Crippen LogP contribution in [-0.2, 0) is 14.3 Å². The number of anilines is 1. The van der Waals surface area contributed by atoms with Gasteiger partial charge in [0.15, 0.2) is 12.4 Å². The molecule has 0 saturated heterocycles. The van der Waals surface area contributed by atoms with Crippen molar-refractivity contribution in [3.63, 3.8) is 0 Å². The number of hydrogen-bond acceptors (Lipinski definition) is 8. The average Bonchev–Trinajstić information content (AvgIpc) is 2.82. The highest BCUT2D eigenvalue weighted by atomic mass is 16.6. The number of Topliss-reactive ketones (excluding diaryl/α,β-unsaturated/α-hetero) is 1. The number of carbonyl (C=O) groups is 2. The van der Waals surface area contributed by atoms with Crippen LogP contribution in [0.15, 0.2) is 71.3 Å². The molecule has 1 atom stereocenters. The molecule has 1 amide bonds. The van der Waals surface area contributed by atoms with Gasteiger partial charge in [0, 0.05) is 36.2 Å². The molecule has 0 radical (unpaired) electrons. The number of benzene rings is 2. The Labute approximate surface area is 194 Å². The van der Waals surface area contributed by atoms with Crippen molar-refractivity contribution >= 4 is 23.1 Å². The zero-order valence-electron chi connectivity index (χ0n) is 17.9. The van der Waals surface area contributed by atoms with Crippen molar-refractivity contribution in [1.29, 1.82) is 5.26 Å². The minimum absolute atomic E-state index is 0.000837. The molecule has 1 aliphatic carbocycles. The van der Waals surface area contributed by atoms with E-state index in [-0.39, 0.29) is 35.2 Å². The summed E-state index contributed by atoms with van der Waals surface area (Å²) in [6.07, 6.45) is 1.64.